The number of imide groups is 1. The molecule has 8 nitrogen and oxygen atoms in total. The number of nitrogens with zero attached hydrogens (tertiary/aromatic N) is 4. The Bertz CT molecular complexity index is 1180. The molecule has 2 aromatic rings. The maximum Gasteiger partial charge on any atom is 0.255 e. The third-order valence-corrected chi connectivity index (χ3v) is 7.17. The summed E-state index contributed by atoms with van der Waals surface area (Å²) in [5.74, 6) is -1.57. The smallest absolute Gasteiger partial charge is 0.255 e. The number of benzene rings is 2. The molecule has 0 bridgehead atoms. The van der Waals surface area contributed by atoms with Gasteiger partial charge in [0.2, 0.25) is 11.8 Å². The molecule has 0 aliphatic carbocycles. The van der Waals surface area contributed by atoms with Crippen molar-refractivity contribution >= 4 is 29.1 Å². The van der Waals surface area contributed by atoms with Gasteiger partial charge in [-0.05, 0) is 35.7 Å². The molecule has 3 aliphatic rings. The topological polar surface area (TPSA) is 76.2 Å². The van der Waals surface area contributed by atoms with Gasteiger partial charge in [0.15, 0.2) is 0 Å². The van der Waals surface area contributed by atoms with E-state index in [1.54, 1.807) is 6.07 Å². The lowest BCUT2D eigenvalue weighted by Crippen LogP contribution is -2.52. The van der Waals surface area contributed by atoms with Crippen molar-refractivity contribution in [3.8, 4) is 0 Å². The van der Waals surface area contributed by atoms with Crippen LogP contribution >= 0.6 is 0 Å². The van der Waals surface area contributed by atoms with Gasteiger partial charge in [0.1, 0.15) is 11.9 Å². The molecule has 0 radical (unpaired) electrons. The molecule has 0 spiro atoms. The zero-order valence-corrected chi connectivity index (χ0v) is 20.1. The zero-order valence-electron chi connectivity index (χ0n) is 20.1. The fourth-order valence-corrected chi connectivity index (χ4v) is 5.29. The molecule has 184 valence electrons. The van der Waals surface area contributed by atoms with Crippen molar-refractivity contribution in [3.05, 3.63) is 58.9 Å². The second-order valence-electron chi connectivity index (χ2n) is 9.65. The number of halogens is 1. The van der Waals surface area contributed by atoms with Crippen LogP contribution in [0.4, 0.5) is 15.8 Å². The molecule has 9 heteroatoms. The predicted molar refractivity (Wildman–Crippen MR) is 131 cm³/mol. The number of hydrogen-bond donors (Lipinski definition) is 1. The molecule has 0 saturated carbocycles. The molecule has 3 heterocycles. The first kappa shape index (κ1) is 23.3. The first-order valence-electron chi connectivity index (χ1n) is 12.0. The van der Waals surface area contributed by atoms with E-state index in [9.17, 15) is 14.4 Å². The Morgan fingerprint density at radius 2 is 1.80 bits per heavy atom. The molecule has 1 atom stereocenters. The molecular formula is C26H30FN5O3. The lowest BCUT2D eigenvalue weighted by molar-refractivity contribution is -0.136. The maximum atomic E-state index is 15.1. The number of rotatable bonds is 5. The highest BCUT2D eigenvalue weighted by Crippen LogP contribution is 2.33. The van der Waals surface area contributed by atoms with Crippen LogP contribution in [0, 0.1) is 5.82 Å². The molecule has 1 N–H and O–H groups in total. The van der Waals surface area contributed by atoms with Crippen LogP contribution in [0.25, 0.3) is 0 Å². The molecule has 1 unspecified atom stereocenters. The molecule has 35 heavy (non-hydrogen) atoms. The highest BCUT2D eigenvalue weighted by molar-refractivity contribution is 6.05. The summed E-state index contributed by atoms with van der Waals surface area (Å²) in [6.07, 6.45) is 0.484. The number of piperidine rings is 1. The monoisotopic (exact) mass is 479 g/mol. The number of carbonyl (C=O) groups is 3. The van der Waals surface area contributed by atoms with Crippen molar-refractivity contribution < 1.29 is 18.8 Å². The van der Waals surface area contributed by atoms with Gasteiger partial charge in [-0.2, -0.15) is 0 Å². The molecule has 2 saturated heterocycles. The van der Waals surface area contributed by atoms with Crippen molar-refractivity contribution in [2.45, 2.75) is 32.0 Å². The van der Waals surface area contributed by atoms with Crippen LogP contribution in [0.15, 0.2) is 36.4 Å². The van der Waals surface area contributed by atoms with Crippen LogP contribution in [-0.2, 0) is 22.7 Å². The number of para-hydroxylation sites is 1. The number of anilines is 2. The Balaban J connectivity index is 1.27. The molecule has 3 amide bonds. The Kier molecular flexibility index (Phi) is 6.19. The zero-order chi connectivity index (χ0) is 24.7. The summed E-state index contributed by atoms with van der Waals surface area (Å²) in [4.78, 5) is 44.6. The number of carbonyl (C=O) groups excluding carboxylic acids is 3. The molecule has 0 aromatic heterocycles. The predicted octanol–water partition coefficient (Wildman–Crippen LogP) is 1.97. The van der Waals surface area contributed by atoms with Gasteiger partial charge in [-0.25, -0.2) is 4.39 Å². The van der Waals surface area contributed by atoms with Gasteiger partial charge in [-0.1, -0.05) is 18.2 Å². The fourth-order valence-electron chi connectivity index (χ4n) is 5.29. The molecular weight excluding hydrogens is 449 g/mol. The Hall–Kier alpha value is -3.46. The van der Waals surface area contributed by atoms with E-state index in [1.165, 1.54) is 22.2 Å². The van der Waals surface area contributed by atoms with Crippen LogP contribution in [0.1, 0.15) is 34.3 Å². The minimum absolute atomic E-state index is 0.194. The van der Waals surface area contributed by atoms with E-state index in [0.29, 0.717) is 30.8 Å². The van der Waals surface area contributed by atoms with Crippen LogP contribution in [0.3, 0.4) is 0 Å². The van der Waals surface area contributed by atoms with Crippen molar-refractivity contribution in [2.24, 2.45) is 0 Å². The van der Waals surface area contributed by atoms with E-state index in [1.807, 2.05) is 25.1 Å². The largest absolute Gasteiger partial charge is 0.377 e. The van der Waals surface area contributed by atoms with Gasteiger partial charge in [0, 0.05) is 71.0 Å². The second-order valence-corrected chi connectivity index (χ2v) is 9.65. The Morgan fingerprint density at radius 3 is 2.51 bits per heavy atom. The summed E-state index contributed by atoms with van der Waals surface area (Å²) in [7, 11) is 4.08. The Morgan fingerprint density at radius 1 is 1.06 bits per heavy atom. The van der Waals surface area contributed by atoms with Gasteiger partial charge >= 0.3 is 0 Å². The van der Waals surface area contributed by atoms with E-state index < -0.39 is 17.8 Å². The van der Waals surface area contributed by atoms with Crippen LogP contribution < -0.4 is 15.1 Å². The lowest BCUT2D eigenvalue weighted by Gasteiger charge is -2.37. The van der Waals surface area contributed by atoms with Crippen molar-refractivity contribution in [3.63, 3.8) is 0 Å². The summed E-state index contributed by atoms with van der Waals surface area (Å²) in [5, 5.41) is 2.30. The average Bonchev–Trinajstić information content (AvgIpc) is 3.14. The standard InChI is InChI=1S/C26H30FN5O3/c1-29(2)21-6-4-3-5-17(21)15-30-9-11-31(12-10-30)23-13-18-16-32(26(35)19(18)14-20(23)27)22-7-8-24(33)28-25(22)34/h3-6,13-14,22H,7-12,15-16H2,1-2H3,(H,28,33,34). The highest BCUT2D eigenvalue weighted by atomic mass is 19.1. The number of nitrogens with one attached hydrogen (secondary N) is 1. The fraction of sp³-hybridized carbons (Fsp3) is 0.423. The van der Waals surface area contributed by atoms with Crippen LogP contribution in [0.5, 0.6) is 0 Å². The summed E-state index contributed by atoms with van der Waals surface area (Å²) in [6.45, 7) is 4.06. The normalized spacial score (nSPS) is 20.8. The van der Waals surface area contributed by atoms with Gasteiger partial charge in [-0.3, -0.25) is 24.6 Å². The molecule has 3 aliphatic heterocycles. The summed E-state index contributed by atoms with van der Waals surface area (Å²) < 4.78 is 15.1. The van der Waals surface area contributed by atoms with Crippen molar-refractivity contribution in [2.75, 3.05) is 50.1 Å². The van der Waals surface area contributed by atoms with E-state index in [2.05, 4.69) is 33.3 Å². The van der Waals surface area contributed by atoms with Crippen molar-refractivity contribution in [1.29, 1.82) is 0 Å². The molecule has 5 rings (SSSR count). The third kappa shape index (κ3) is 4.48. The van der Waals surface area contributed by atoms with Gasteiger partial charge in [-0.15, -0.1) is 0 Å². The van der Waals surface area contributed by atoms with E-state index in [0.717, 1.165) is 25.2 Å². The minimum Gasteiger partial charge on any atom is -0.377 e. The van der Waals surface area contributed by atoms with Gasteiger partial charge in [0.25, 0.3) is 5.91 Å². The first-order valence-corrected chi connectivity index (χ1v) is 12.0. The SMILES string of the molecule is CN(C)c1ccccc1CN1CCN(c2cc3c(cc2F)C(=O)N(C2CCC(=O)NC2=O)C3)CC1. The first-order chi connectivity index (χ1) is 16.8. The number of hydrogen-bond acceptors (Lipinski definition) is 6. The summed E-state index contributed by atoms with van der Waals surface area (Å²) >= 11 is 0. The number of fused-ring (bicyclic) bond motifs is 1. The van der Waals surface area contributed by atoms with Gasteiger partial charge < -0.3 is 14.7 Å². The maximum absolute atomic E-state index is 15.1. The van der Waals surface area contributed by atoms with Gasteiger partial charge in [0.05, 0.1) is 5.69 Å². The van der Waals surface area contributed by atoms with Crippen LogP contribution in [-0.4, -0.2) is 73.8 Å². The lowest BCUT2D eigenvalue weighted by atomic mass is 10.0. The third-order valence-electron chi connectivity index (χ3n) is 7.17. The quantitative estimate of drug-likeness (QED) is 0.661. The highest BCUT2D eigenvalue weighted by Gasteiger charge is 2.40. The van der Waals surface area contributed by atoms with E-state index >= 15 is 4.39 Å². The minimum atomic E-state index is -0.701. The number of amides is 3. The Labute approximate surface area is 204 Å². The number of piperazine rings is 1. The second kappa shape index (κ2) is 9.30. The van der Waals surface area contributed by atoms with Crippen molar-refractivity contribution in [1.82, 2.24) is 15.1 Å². The summed E-state index contributed by atoms with van der Waals surface area (Å²) in [6, 6.07) is 10.7. The average molecular weight is 480 g/mol. The van der Waals surface area contributed by atoms with E-state index in [4.69, 9.17) is 0 Å². The summed E-state index contributed by atoms with van der Waals surface area (Å²) in [5.41, 5.74) is 3.98. The molecule has 2 fully saturated rings. The molecule has 2 aromatic carbocycles. The van der Waals surface area contributed by atoms with E-state index in [-0.39, 0.29) is 24.8 Å². The van der Waals surface area contributed by atoms with Crippen LogP contribution in [0.2, 0.25) is 0 Å².